The van der Waals surface area contributed by atoms with E-state index in [1.54, 1.807) is 24.3 Å². The Morgan fingerprint density at radius 2 is 1.69 bits per heavy atom. The second-order valence-electron chi connectivity index (χ2n) is 5.46. The summed E-state index contributed by atoms with van der Waals surface area (Å²) in [5.74, 6) is 0.637. The van der Waals surface area contributed by atoms with Crippen molar-refractivity contribution in [2.45, 2.75) is 11.8 Å². The number of ether oxygens (including phenoxy) is 2. The van der Waals surface area contributed by atoms with E-state index in [-0.39, 0.29) is 9.74 Å². The van der Waals surface area contributed by atoms with E-state index in [1.807, 2.05) is 6.92 Å². The van der Waals surface area contributed by atoms with Gasteiger partial charge in [-0.2, -0.15) is 8.42 Å². The summed E-state index contributed by atoms with van der Waals surface area (Å²) in [6, 6.07) is 9.35. The lowest BCUT2D eigenvalue weighted by Gasteiger charge is -2.09. The molecule has 5 N–H and O–H groups in total. The van der Waals surface area contributed by atoms with E-state index in [0.29, 0.717) is 21.5 Å². The molecule has 2 aromatic carbocycles. The van der Waals surface area contributed by atoms with Crippen molar-refractivity contribution in [2.75, 3.05) is 14.2 Å². The molecule has 0 saturated heterocycles. The van der Waals surface area contributed by atoms with E-state index >= 15 is 0 Å². The Kier molecular flexibility index (Phi) is 8.88. The Balaban J connectivity index is 0.000000326. The van der Waals surface area contributed by atoms with Gasteiger partial charge in [-0.25, -0.2) is 0 Å². The second-order valence-corrected chi connectivity index (χ2v) is 7.74. The number of nitrogens with zero attached hydrogens (tertiary/aromatic N) is 2. The van der Waals surface area contributed by atoms with Crippen molar-refractivity contribution in [3.8, 4) is 11.5 Å². The fourth-order valence-corrected chi connectivity index (χ4v) is 2.77. The van der Waals surface area contributed by atoms with Gasteiger partial charge in [0.05, 0.1) is 25.3 Å². The van der Waals surface area contributed by atoms with Gasteiger partial charge >= 0.3 is 5.96 Å². The third-order valence-corrected chi connectivity index (χ3v) is 4.90. The molecule has 0 heterocycles. The van der Waals surface area contributed by atoms with E-state index in [2.05, 4.69) is 21.0 Å². The number of nitrogens with two attached hydrogens (primary N) is 2. The summed E-state index contributed by atoms with van der Waals surface area (Å²) in [5, 5.41) is 14.6. The molecule has 0 aliphatic rings. The summed E-state index contributed by atoms with van der Waals surface area (Å²) in [4.78, 5) is 0.0477. The lowest BCUT2D eigenvalue weighted by Crippen LogP contribution is -2.30. The number of rotatable bonds is 5. The first kappa shape index (κ1) is 24.2. The van der Waals surface area contributed by atoms with Crippen LogP contribution in [0.4, 0.5) is 0 Å². The minimum Gasteiger partial charge on any atom is -0.722 e. The Hall–Kier alpha value is -2.83. The van der Waals surface area contributed by atoms with Crippen molar-refractivity contribution < 1.29 is 27.3 Å². The summed E-state index contributed by atoms with van der Waals surface area (Å²) in [7, 11) is -0.978. The molecule has 158 valence electrons. The Morgan fingerprint density at radius 1 is 1.17 bits per heavy atom. The Labute approximate surface area is 176 Å². The maximum absolute atomic E-state index is 11.1. The largest absolute Gasteiger partial charge is 0.722 e. The van der Waals surface area contributed by atoms with Gasteiger partial charge in [-0.15, -0.1) is 9.95 Å². The molecule has 2 aromatic rings. The predicted octanol–water partition coefficient (Wildman–Crippen LogP) is 1.83. The maximum atomic E-state index is 11.1. The third-order valence-electron chi connectivity index (χ3n) is 3.34. The number of hydrogen-bond donors (Lipinski definition) is 3. The average Bonchev–Trinajstić information content (AvgIpc) is 2.66. The van der Waals surface area contributed by atoms with Gasteiger partial charge in [0.25, 0.3) is 10.1 Å². The van der Waals surface area contributed by atoms with Crippen molar-refractivity contribution in [3.05, 3.63) is 57.2 Å². The fraction of sp³-hybridized carbons (Fsp3) is 0.176. The van der Waals surface area contributed by atoms with Crippen LogP contribution in [-0.4, -0.2) is 44.2 Å². The normalized spacial score (nSPS) is 10.8. The standard InChI is InChI=1S/C10H13BrN4O3.C7H8O3S/c1-17-8-3-6(5-14-15(16)10(12)13)7(11)4-9(8)18-2;1-6-2-4-7(5-3-6)11(8,9)10/h3-5H,12-13H2,1-2H3;2-5H,1H3,(H,8,9,10)/b14-5-;. The van der Waals surface area contributed by atoms with Crippen molar-refractivity contribution >= 4 is 38.2 Å². The smallest absolute Gasteiger partial charge is 0.366 e. The van der Waals surface area contributed by atoms with E-state index in [0.717, 1.165) is 5.56 Å². The van der Waals surface area contributed by atoms with Crippen LogP contribution < -0.4 is 20.9 Å². The second kappa shape index (κ2) is 10.6. The fourth-order valence-electron chi connectivity index (χ4n) is 1.86. The highest BCUT2D eigenvalue weighted by Gasteiger charge is 2.08. The molecule has 0 unspecified atom stereocenters. The number of halogens is 1. The van der Waals surface area contributed by atoms with Gasteiger partial charge in [0, 0.05) is 10.0 Å². The minimum atomic E-state index is -4.02. The van der Waals surface area contributed by atoms with Crippen LogP contribution in [0.5, 0.6) is 11.5 Å². The molecule has 0 bridgehead atoms. The van der Waals surface area contributed by atoms with Crippen molar-refractivity contribution in [2.24, 2.45) is 16.6 Å². The van der Waals surface area contributed by atoms with Crippen molar-refractivity contribution in [1.29, 1.82) is 0 Å². The molecule has 2 rings (SSSR count). The van der Waals surface area contributed by atoms with Crippen LogP contribution in [0.15, 0.2) is 50.9 Å². The number of benzene rings is 2. The van der Waals surface area contributed by atoms with Crippen LogP contribution in [0.25, 0.3) is 0 Å². The zero-order valence-corrected chi connectivity index (χ0v) is 18.3. The lowest BCUT2D eigenvalue weighted by atomic mass is 10.2. The molecule has 10 nitrogen and oxygen atoms in total. The predicted molar refractivity (Wildman–Crippen MR) is 113 cm³/mol. The van der Waals surface area contributed by atoms with Gasteiger partial charge in [-0.3, -0.25) is 16.0 Å². The van der Waals surface area contributed by atoms with Crippen LogP contribution in [0.2, 0.25) is 0 Å². The van der Waals surface area contributed by atoms with Crippen LogP contribution in [0, 0.1) is 12.1 Å². The highest BCUT2D eigenvalue weighted by molar-refractivity contribution is 9.10. The Morgan fingerprint density at radius 3 is 2.14 bits per heavy atom. The number of hydrazone groups is 1. The summed E-state index contributed by atoms with van der Waals surface area (Å²) < 4.78 is 40.5. The molecule has 0 aliphatic carbocycles. The monoisotopic (exact) mass is 488 g/mol. The molecular formula is C17H21BrN4O6S. The van der Waals surface area contributed by atoms with Gasteiger partial charge in [0.15, 0.2) is 11.5 Å². The molecule has 0 fully saturated rings. The summed E-state index contributed by atoms with van der Waals surface area (Å²) >= 11 is 3.32. The zero-order valence-electron chi connectivity index (χ0n) is 15.9. The highest BCUT2D eigenvalue weighted by Crippen LogP contribution is 2.32. The highest BCUT2D eigenvalue weighted by atomic mass is 79.9. The first-order valence-corrected chi connectivity index (χ1v) is 10.1. The van der Waals surface area contributed by atoms with Crippen molar-refractivity contribution in [3.63, 3.8) is 0 Å². The van der Waals surface area contributed by atoms with Crippen molar-refractivity contribution in [1.82, 2.24) is 0 Å². The minimum absolute atomic E-state index is 0.0666. The molecule has 0 aromatic heterocycles. The molecule has 29 heavy (non-hydrogen) atoms. The van der Waals surface area contributed by atoms with Gasteiger partial charge < -0.3 is 14.7 Å². The molecule has 0 radical (unpaired) electrons. The summed E-state index contributed by atoms with van der Waals surface area (Å²) in [5.41, 5.74) is 11.7. The average molecular weight is 489 g/mol. The van der Waals surface area contributed by atoms with Crippen LogP contribution in [0.3, 0.4) is 0 Å². The number of guanidine groups is 1. The molecule has 0 saturated carbocycles. The maximum Gasteiger partial charge on any atom is 0.366 e. The summed E-state index contributed by atoms with van der Waals surface area (Å²) in [6.07, 6.45) is 1.30. The molecule has 0 spiro atoms. The molecule has 0 aliphatic heterocycles. The number of hydrogen-bond acceptors (Lipinski definition) is 6. The first-order valence-electron chi connectivity index (χ1n) is 7.84. The molecule has 12 heteroatoms. The molecule has 0 amide bonds. The van der Waals surface area contributed by atoms with Crippen LogP contribution in [0.1, 0.15) is 11.1 Å². The third kappa shape index (κ3) is 7.60. The van der Waals surface area contributed by atoms with E-state index in [1.165, 1.54) is 32.6 Å². The number of methoxy groups -OCH3 is 2. The van der Waals surface area contributed by atoms with Gasteiger partial charge in [0.1, 0.15) is 0 Å². The summed E-state index contributed by atoms with van der Waals surface area (Å²) in [6.45, 7) is 1.84. The van der Waals surface area contributed by atoms with Gasteiger partial charge in [-0.05, 0) is 47.1 Å². The van der Waals surface area contributed by atoms with Gasteiger partial charge in [0.2, 0.25) is 0 Å². The first-order chi connectivity index (χ1) is 13.5. The SMILES string of the molecule is COc1cc(Br)c(/C=N\[N+]([O-])=C(N)N)cc1OC.Cc1ccc(S(=O)(=O)O)cc1. The lowest BCUT2D eigenvalue weighted by molar-refractivity contribution is -0.463. The van der Waals surface area contributed by atoms with E-state index in [4.69, 9.17) is 25.5 Å². The Bertz CT molecular complexity index is 1000. The topological polar surface area (TPSA) is 163 Å². The van der Waals surface area contributed by atoms with E-state index < -0.39 is 16.1 Å². The zero-order chi connectivity index (χ0) is 22.2. The van der Waals surface area contributed by atoms with Crippen LogP contribution in [-0.2, 0) is 10.1 Å². The van der Waals surface area contributed by atoms with Gasteiger partial charge in [-0.1, -0.05) is 17.7 Å². The quantitative estimate of drug-likeness (QED) is 0.143. The molecule has 0 atom stereocenters. The number of aryl methyl sites for hydroxylation is 1. The molecular weight excluding hydrogens is 468 g/mol. The van der Waals surface area contributed by atoms with E-state index in [9.17, 15) is 13.6 Å². The van der Waals surface area contributed by atoms with Crippen LogP contribution >= 0.6 is 15.9 Å².